The maximum Gasteiger partial charge on any atom is 0.308 e. The van der Waals surface area contributed by atoms with E-state index in [-0.39, 0.29) is 5.91 Å². The number of nitrogens with zero attached hydrogens (tertiary/aromatic N) is 1. The van der Waals surface area contributed by atoms with Gasteiger partial charge in [-0.15, -0.1) is 0 Å². The number of carboxylic acids is 1. The molecular formula is C15H25NO3. The van der Waals surface area contributed by atoms with Gasteiger partial charge in [0.15, 0.2) is 0 Å². The largest absolute Gasteiger partial charge is 0.481 e. The van der Waals surface area contributed by atoms with Crippen molar-refractivity contribution in [3.63, 3.8) is 0 Å². The van der Waals surface area contributed by atoms with E-state index in [1.54, 1.807) is 6.92 Å². The zero-order valence-electron chi connectivity index (χ0n) is 11.8. The third-order valence-corrected chi connectivity index (χ3v) is 4.44. The molecule has 1 N–H and O–H groups in total. The first-order chi connectivity index (χ1) is 9.08. The number of carbonyl (C=O) groups excluding carboxylic acids is 1. The van der Waals surface area contributed by atoms with Crippen molar-refractivity contribution in [3.8, 4) is 0 Å². The van der Waals surface area contributed by atoms with Gasteiger partial charge in [0.05, 0.1) is 5.92 Å². The van der Waals surface area contributed by atoms with Crippen LogP contribution in [0.1, 0.15) is 58.3 Å². The molecule has 4 nitrogen and oxygen atoms in total. The van der Waals surface area contributed by atoms with Crippen LogP contribution in [-0.4, -0.2) is 34.5 Å². The molecule has 2 saturated carbocycles. The van der Waals surface area contributed by atoms with Gasteiger partial charge in [-0.25, -0.2) is 0 Å². The molecule has 1 unspecified atom stereocenters. The number of rotatable bonds is 7. The molecule has 2 aliphatic carbocycles. The highest BCUT2D eigenvalue weighted by Crippen LogP contribution is 2.31. The van der Waals surface area contributed by atoms with Crippen molar-refractivity contribution in [3.05, 3.63) is 0 Å². The van der Waals surface area contributed by atoms with E-state index in [1.165, 1.54) is 25.7 Å². The minimum atomic E-state index is -0.811. The molecule has 1 amide bonds. The van der Waals surface area contributed by atoms with Gasteiger partial charge in [0.2, 0.25) is 5.91 Å². The molecule has 0 aromatic rings. The Morgan fingerprint density at radius 2 is 1.84 bits per heavy atom. The lowest BCUT2D eigenvalue weighted by molar-refractivity contribution is -0.143. The molecular weight excluding hydrogens is 242 g/mol. The van der Waals surface area contributed by atoms with Crippen molar-refractivity contribution in [2.24, 2.45) is 11.8 Å². The van der Waals surface area contributed by atoms with Crippen LogP contribution in [0, 0.1) is 11.8 Å². The summed E-state index contributed by atoms with van der Waals surface area (Å²) < 4.78 is 0. The quantitative estimate of drug-likeness (QED) is 0.771. The predicted octanol–water partition coefficient (Wildman–Crippen LogP) is 2.67. The first-order valence-electron chi connectivity index (χ1n) is 7.60. The Labute approximate surface area is 115 Å². The van der Waals surface area contributed by atoms with Gasteiger partial charge in [-0.1, -0.05) is 32.6 Å². The van der Waals surface area contributed by atoms with Crippen molar-refractivity contribution in [1.82, 2.24) is 4.90 Å². The van der Waals surface area contributed by atoms with Crippen molar-refractivity contribution in [2.45, 2.75) is 64.3 Å². The fourth-order valence-corrected chi connectivity index (χ4v) is 2.98. The summed E-state index contributed by atoms with van der Waals surface area (Å²) in [6.45, 7) is 2.06. The van der Waals surface area contributed by atoms with Gasteiger partial charge in [-0.05, 0) is 25.2 Å². The highest BCUT2D eigenvalue weighted by Gasteiger charge is 2.34. The van der Waals surface area contributed by atoms with Crippen LogP contribution in [0.4, 0.5) is 0 Å². The number of hydrogen-bond donors (Lipinski definition) is 1. The van der Waals surface area contributed by atoms with E-state index in [0.717, 1.165) is 25.2 Å². The van der Waals surface area contributed by atoms with Crippen LogP contribution in [0.2, 0.25) is 0 Å². The third kappa shape index (κ3) is 4.22. The second-order valence-electron chi connectivity index (χ2n) is 6.21. The SMILES string of the molecule is CC(CN(C(=O)CCC1CCCC1)C1CC1)C(=O)O. The number of hydrogen-bond acceptors (Lipinski definition) is 2. The van der Waals surface area contributed by atoms with Gasteiger partial charge in [0.1, 0.15) is 0 Å². The average molecular weight is 267 g/mol. The summed E-state index contributed by atoms with van der Waals surface area (Å²) in [6.07, 6.45) is 8.83. The molecule has 0 aliphatic heterocycles. The van der Waals surface area contributed by atoms with Crippen LogP contribution in [0.25, 0.3) is 0 Å². The number of amides is 1. The molecule has 0 aromatic carbocycles. The van der Waals surface area contributed by atoms with Gasteiger partial charge in [-0.2, -0.15) is 0 Å². The van der Waals surface area contributed by atoms with Crippen molar-refractivity contribution in [1.29, 1.82) is 0 Å². The Hall–Kier alpha value is -1.06. The predicted molar refractivity (Wildman–Crippen MR) is 72.7 cm³/mol. The molecule has 0 aromatic heterocycles. The molecule has 0 radical (unpaired) electrons. The Kier molecular flexibility index (Phi) is 4.83. The zero-order valence-corrected chi connectivity index (χ0v) is 11.8. The minimum Gasteiger partial charge on any atom is -0.481 e. The summed E-state index contributed by atoms with van der Waals surface area (Å²) in [5.41, 5.74) is 0. The lowest BCUT2D eigenvalue weighted by Crippen LogP contribution is -2.38. The lowest BCUT2D eigenvalue weighted by atomic mass is 10.0. The third-order valence-electron chi connectivity index (χ3n) is 4.44. The Bertz CT molecular complexity index is 332. The molecule has 0 heterocycles. The number of aliphatic carboxylic acids is 1. The molecule has 0 saturated heterocycles. The van der Waals surface area contributed by atoms with Gasteiger partial charge in [0, 0.05) is 19.0 Å². The maximum atomic E-state index is 12.3. The highest BCUT2D eigenvalue weighted by atomic mass is 16.4. The van der Waals surface area contributed by atoms with Gasteiger partial charge >= 0.3 is 5.97 Å². The molecule has 0 bridgehead atoms. The van der Waals surface area contributed by atoms with E-state index in [0.29, 0.717) is 19.0 Å². The summed E-state index contributed by atoms with van der Waals surface area (Å²) in [6, 6.07) is 0.317. The topological polar surface area (TPSA) is 57.6 Å². The van der Waals surface area contributed by atoms with E-state index >= 15 is 0 Å². The normalized spacial score (nSPS) is 21.3. The van der Waals surface area contributed by atoms with E-state index in [9.17, 15) is 9.59 Å². The number of carbonyl (C=O) groups is 2. The van der Waals surface area contributed by atoms with Crippen LogP contribution in [0.3, 0.4) is 0 Å². The van der Waals surface area contributed by atoms with Crippen LogP contribution in [0.5, 0.6) is 0 Å². The Balaban J connectivity index is 1.80. The van der Waals surface area contributed by atoms with Crippen molar-refractivity contribution in [2.75, 3.05) is 6.54 Å². The maximum absolute atomic E-state index is 12.3. The summed E-state index contributed by atoms with van der Waals surface area (Å²) in [4.78, 5) is 25.0. The molecule has 2 fully saturated rings. The van der Waals surface area contributed by atoms with Crippen LogP contribution in [-0.2, 0) is 9.59 Å². The first-order valence-corrected chi connectivity index (χ1v) is 7.60. The van der Waals surface area contributed by atoms with Crippen LogP contribution in [0.15, 0.2) is 0 Å². The number of carboxylic acid groups (broad SMARTS) is 1. The van der Waals surface area contributed by atoms with E-state index in [4.69, 9.17) is 5.11 Å². The van der Waals surface area contributed by atoms with Crippen molar-refractivity contribution >= 4 is 11.9 Å². The Morgan fingerprint density at radius 3 is 2.37 bits per heavy atom. The lowest BCUT2D eigenvalue weighted by Gasteiger charge is -2.25. The molecule has 2 rings (SSSR count). The highest BCUT2D eigenvalue weighted by molar-refractivity contribution is 5.78. The van der Waals surface area contributed by atoms with E-state index in [2.05, 4.69) is 0 Å². The van der Waals surface area contributed by atoms with Crippen LogP contribution >= 0.6 is 0 Å². The molecule has 108 valence electrons. The molecule has 1 atom stereocenters. The van der Waals surface area contributed by atoms with E-state index < -0.39 is 11.9 Å². The first kappa shape index (κ1) is 14.4. The summed E-state index contributed by atoms with van der Waals surface area (Å²) in [5, 5.41) is 8.98. The Morgan fingerprint density at radius 1 is 1.21 bits per heavy atom. The van der Waals surface area contributed by atoms with Crippen LogP contribution < -0.4 is 0 Å². The molecule has 19 heavy (non-hydrogen) atoms. The second kappa shape index (κ2) is 6.40. The summed E-state index contributed by atoms with van der Waals surface area (Å²) >= 11 is 0. The smallest absolute Gasteiger partial charge is 0.308 e. The second-order valence-corrected chi connectivity index (χ2v) is 6.21. The fraction of sp³-hybridized carbons (Fsp3) is 0.867. The monoisotopic (exact) mass is 267 g/mol. The molecule has 0 spiro atoms. The zero-order chi connectivity index (χ0) is 13.8. The van der Waals surface area contributed by atoms with E-state index in [1.807, 2.05) is 4.90 Å². The summed E-state index contributed by atoms with van der Waals surface area (Å²) in [5.74, 6) is -0.380. The minimum absolute atomic E-state index is 0.169. The van der Waals surface area contributed by atoms with Gasteiger partial charge in [0.25, 0.3) is 0 Å². The summed E-state index contributed by atoms with van der Waals surface area (Å²) in [7, 11) is 0. The van der Waals surface area contributed by atoms with Gasteiger partial charge in [-0.3, -0.25) is 9.59 Å². The standard InChI is InChI=1S/C15H25NO3/c1-11(15(18)19)10-16(13-7-8-13)14(17)9-6-12-4-2-3-5-12/h11-13H,2-10H2,1H3,(H,18,19). The molecule has 4 heteroatoms. The molecule has 2 aliphatic rings. The fourth-order valence-electron chi connectivity index (χ4n) is 2.98. The van der Waals surface area contributed by atoms with Gasteiger partial charge < -0.3 is 10.0 Å². The average Bonchev–Trinajstić information content (AvgIpc) is 3.08. The van der Waals surface area contributed by atoms with Crippen molar-refractivity contribution < 1.29 is 14.7 Å².